The van der Waals surface area contributed by atoms with Crippen LogP contribution >= 0.6 is 11.6 Å². The van der Waals surface area contributed by atoms with Gasteiger partial charge in [0.2, 0.25) is 5.96 Å². The quantitative estimate of drug-likeness (QED) is 0.863. The van der Waals surface area contributed by atoms with E-state index in [-0.39, 0.29) is 10.9 Å². The van der Waals surface area contributed by atoms with Crippen LogP contribution in [0.3, 0.4) is 0 Å². The van der Waals surface area contributed by atoms with Gasteiger partial charge in [0.05, 0.1) is 5.69 Å². The number of aliphatic imine (C=N–C) groups is 1. The highest BCUT2D eigenvalue weighted by Crippen LogP contribution is 2.27. The Morgan fingerprint density at radius 1 is 1.41 bits per heavy atom. The minimum absolute atomic E-state index is 0.139. The number of fused-ring (bicyclic) bond motifs is 1. The molecule has 1 aromatic carbocycles. The molecule has 5 nitrogen and oxygen atoms in total. The van der Waals surface area contributed by atoms with E-state index in [1.54, 1.807) is 12.1 Å². The van der Waals surface area contributed by atoms with Gasteiger partial charge < -0.3 is 5.32 Å². The smallest absolute Gasteiger partial charge is 0.266 e. The van der Waals surface area contributed by atoms with E-state index in [0.717, 1.165) is 6.42 Å². The number of anilines is 1. The van der Waals surface area contributed by atoms with Crippen LogP contribution < -0.4 is 10.0 Å². The van der Waals surface area contributed by atoms with Crippen LogP contribution in [-0.4, -0.2) is 20.9 Å². The van der Waals surface area contributed by atoms with Crippen LogP contribution in [0.1, 0.15) is 13.3 Å². The average molecular weight is 274 g/mol. The molecule has 1 aliphatic heterocycles. The Balaban J connectivity index is 2.45. The van der Waals surface area contributed by atoms with Crippen LogP contribution in [0.4, 0.5) is 5.69 Å². The van der Waals surface area contributed by atoms with Crippen molar-refractivity contribution in [2.24, 2.45) is 4.99 Å². The molecular weight excluding hydrogens is 262 g/mol. The number of nitrogens with one attached hydrogen (secondary N) is 2. The molecule has 92 valence electrons. The van der Waals surface area contributed by atoms with Gasteiger partial charge in [-0.25, -0.2) is 13.1 Å². The Bertz CT molecular complexity index is 569. The molecule has 0 saturated carbocycles. The summed E-state index contributed by atoms with van der Waals surface area (Å²) in [6.07, 6.45) is 0.848. The van der Waals surface area contributed by atoms with Gasteiger partial charge >= 0.3 is 0 Å². The summed E-state index contributed by atoms with van der Waals surface area (Å²) in [6, 6.07) is 4.66. The second-order valence-electron chi connectivity index (χ2n) is 3.60. The molecule has 0 bridgehead atoms. The molecule has 17 heavy (non-hydrogen) atoms. The summed E-state index contributed by atoms with van der Waals surface area (Å²) in [6.45, 7) is 2.53. The normalized spacial score (nSPS) is 19.3. The molecule has 0 unspecified atom stereocenters. The maximum Gasteiger partial charge on any atom is 0.266 e. The third kappa shape index (κ3) is 2.53. The largest absolute Gasteiger partial charge is 0.324 e. The number of halogens is 1. The van der Waals surface area contributed by atoms with Crippen LogP contribution in [0.15, 0.2) is 28.1 Å². The summed E-state index contributed by atoms with van der Waals surface area (Å²) in [7, 11) is -3.57. The van der Waals surface area contributed by atoms with Gasteiger partial charge in [0.1, 0.15) is 4.90 Å². The molecule has 0 saturated heterocycles. The molecule has 7 heteroatoms. The highest BCUT2D eigenvalue weighted by Gasteiger charge is 2.26. The number of guanidine groups is 1. The highest BCUT2D eigenvalue weighted by molar-refractivity contribution is 7.90. The molecule has 0 aromatic heterocycles. The molecule has 0 fully saturated rings. The van der Waals surface area contributed by atoms with E-state index in [2.05, 4.69) is 15.0 Å². The Kier molecular flexibility index (Phi) is 3.26. The average Bonchev–Trinajstić information content (AvgIpc) is 2.27. The van der Waals surface area contributed by atoms with E-state index >= 15 is 0 Å². The van der Waals surface area contributed by atoms with Gasteiger partial charge in [-0.05, 0) is 24.6 Å². The Labute approximate surface area is 105 Å². The minimum Gasteiger partial charge on any atom is -0.324 e. The third-order valence-corrected chi connectivity index (χ3v) is 3.82. The topological polar surface area (TPSA) is 70.6 Å². The Morgan fingerprint density at radius 3 is 2.88 bits per heavy atom. The second kappa shape index (κ2) is 4.54. The molecule has 0 radical (unpaired) electrons. The fraction of sp³-hybridized carbons (Fsp3) is 0.300. The second-order valence-corrected chi connectivity index (χ2v) is 5.69. The van der Waals surface area contributed by atoms with E-state index in [4.69, 9.17) is 11.6 Å². The van der Waals surface area contributed by atoms with E-state index in [1.165, 1.54) is 6.07 Å². The van der Waals surface area contributed by atoms with Crippen LogP contribution in [0.2, 0.25) is 5.02 Å². The van der Waals surface area contributed by atoms with Crippen molar-refractivity contribution in [3.05, 3.63) is 23.2 Å². The maximum absolute atomic E-state index is 11.9. The van der Waals surface area contributed by atoms with Crippen molar-refractivity contribution in [3.63, 3.8) is 0 Å². The lowest BCUT2D eigenvalue weighted by Crippen LogP contribution is -2.40. The zero-order chi connectivity index (χ0) is 12.5. The molecule has 0 spiro atoms. The number of benzene rings is 1. The van der Waals surface area contributed by atoms with Gasteiger partial charge in [0.25, 0.3) is 10.0 Å². The summed E-state index contributed by atoms with van der Waals surface area (Å²) in [5.41, 5.74) is 0.489. The predicted molar refractivity (Wildman–Crippen MR) is 68.0 cm³/mol. The molecule has 2 rings (SSSR count). The van der Waals surface area contributed by atoms with E-state index in [0.29, 0.717) is 17.3 Å². The summed E-state index contributed by atoms with van der Waals surface area (Å²) < 4.78 is 26.2. The zero-order valence-corrected chi connectivity index (χ0v) is 10.8. The van der Waals surface area contributed by atoms with Crippen molar-refractivity contribution in [1.29, 1.82) is 0 Å². The van der Waals surface area contributed by atoms with Gasteiger partial charge in [-0.15, -0.1) is 0 Å². The molecule has 2 N–H and O–H groups in total. The third-order valence-electron chi connectivity index (χ3n) is 2.21. The molecule has 1 heterocycles. The van der Waals surface area contributed by atoms with Crippen LogP contribution in [0.25, 0.3) is 0 Å². The highest BCUT2D eigenvalue weighted by atomic mass is 35.5. The zero-order valence-electron chi connectivity index (χ0n) is 9.20. The molecule has 1 aromatic rings. The molecule has 1 aliphatic rings. The van der Waals surface area contributed by atoms with E-state index < -0.39 is 10.0 Å². The molecule has 0 amide bonds. The van der Waals surface area contributed by atoms with Gasteiger partial charge in [-0.3, -0.25) is 4.99 Å². The van der Waals surface area contributed by atoms with Crippen molar-refractivity contribution in [3.8, 4) is 0 Å². The fourth-order valence-electron chi connectivity index (χ4n) is 1.45. The first-order valence-electron chi connectivity index (χ1n) is 5.17. The fourth-order valence-corrected chi connectivity index (χ4v) is 2.86. The van der Waals surface area contributed by atoms with Crippen LogP contribution in [0.5, 0.6) is 0 Å². The number of rotatable bonds is 2. The SMILES string of the molecule is CCCN=C1Nc2ccc(Cl)cc2S(=O)(=O)N1. The molecule has 0 atom stereocenters. The van der Waals surface area contributed by atoms with Gasteiger partial charge in [-0.1, -0.05) is 18.5 Å². The summed E-state index contributed by atoms with van der Waals surface area (Å²) in [5, 5.41) is 3.30. The Hall–Kier alpha value is -1.27. The van der Waals surface area contributed by atoms with Gasteiger partial charge in [-0.2, -0.15) is 0 Å². The summed E-state index contributed by atoms with van der Waals surface area (Å²) in [4.78, 5) is 4.24. The lowest BCUT2D eigenvalue weighted by molar-refractivity contribution is 0.591. The van der Waals surface area contributed by atoms with Gasteiger partial charge in [0, 0.05) is 11.6 Å². The van der Waals surface area contributed by atoms with Crippen LogP contribution in [-0.2, 0) is 10.0 Å². The predicted octanol–water partition coefficient (Wildman–Crippen LogP) is 1.81. The first-order chi connectivity index (χ1) is 8.03. The summed E-state index contributed by atoms with van der Waals surface area (Å²) in [5.74, 6) is 0.252. The first kappa shape index (κ1) is 12.2. The molecule has 0 aliphatic carbocycles. The van der Waals surface area contributed by atoms with Crippen molar-refractivity contribution in [2.75, 3.05) is 11.9 Å². The number of nitrogens with zero attached hydrogens (tertiary/aromatic N) is 1. The Morgan fingerprint density at radius 2 is 2.18 bits per heavy atom. The van der Waals surface area contributed by atoms with E-state index in [1.807, 2.05) is 6.92 Å². The van der Waals surface area contributed by atoms with Crippen molar-refractivity contribution < 1.29 is 8.42 Å². The van der Waals surface area contributed by atoms with Crippen molar-refractivity contribution in [1.82, 2.24) is 4.72 Å². The molecular formula is C10H12ClN3O2S. The lowest BCUT2D eigenvalue weighted by atomic mass is 10.3. The number of hydrogen-bond donors (Lipinski definition) is 2. The number of sulfonamides is 1. The lowest BCUT2D eigenvalue weighted by Gasteiger charge is -2.21. The van der Waals surface area contributed by atoms with Crippen molar-refractivity contribution in [2.45, 2.75) is 18.2 Å². The monoisotopic (exact) mass is 273 g/mol. The minimum atomic E-state index is -3.57. The van der Waals surface area contributed by atoms with Crippen LogP contribution in [0, 0.1) is 0 Å². The first-order valence-corrected chi connectivity index (χ1v) is 7.03. The standard InChI is InChI=1S/C10H12ClN3O2S/c1-2-5-12-10-13-8-4-3-7(11)6-9(8)17(15,16)14-10/h3-4,6H,2,5H2,1H3,(H2,12,13,14). The van der Waals surface area contributed by atoms with Crippen molar-refractivity contribution >= 4 is 33.3 Å². The maximum atomic E-state index is 11.9. The van der Waals surface area contributed by atoms with E-state index in [9.17, 15) is 8.42 Å². The summed E-state index contributed by atoms with van der Waals surface area (Å²) >= 11 is 5.77. The number of hydrogen-bond acceptors (Lipinski definition) is 3. The van der Waals surface area contributed by atoms with Gasteiger partial charge in [0.15, 0.2) is 0 Å².